The van der Waals surface area contributed by atoms with E-state index in [1.165, 1.54) is 31.4 Å². The number of morpholine rings is 1. The first-order valence-corrected chi connectivity index (χ1v) is 7.55. The van der Waals surface area contributed by atoms with Crippen molar-refractivity contribution >= 4 is 16.0 Å². The molecule has 0 atom stereocenters. The van der Waals surface area contributed by atoms with Crippen LogP contribution < -0.4 is 4.83 Å². The maximum atomic E-state index is 12.1. The first-order valence-electron chi connectivity index (χ1n) is 6.06. The molecule has 0 bridgehead atoms. The third-order valence-electron chi connectivity index (χ3n) is 2.85. The van der Waals surface area contributed by atoms with Crippen molar-refractivity contribution in [1.29, 1.82) is 0 Å². The highest BCUT2D eigenvalue weighted by molar-refractivity contribution is 7.89. The molecule has 0 saturated carbocycles. The molecule has 2 rings (SSSR count). The Bertz CT molecular complexity index is 564. The van der Waals surface area contributed by atoms with Crippen LogP contribution in [0.2, 0.25) is 0 Å². The quantitative estimate of drug-likeness (QED) is 0.788. The third kappa shape index (κ3) is 3.54. The number of rotatable bonds is 4. The van der Waals surface area contributed by atoms with Crippen LogP contribution in [-0.4, -0.2) is 52.8 Å². The number of carbonyl (C=O) groups is 1. The van der Waals surface area contributed by atoms with Gasteiger partial charge in [-0.2, -0.15) is 0 Å². The Labute approximate surface area is 117 Å². The second-order valence-corrected chi connectivity index (χ2v) is 5.87. The molecule has 7 nitrogen and oxygen atoms in total. The maximum absolute atomic E-state index is 12.1. The van der Waals surface area contributed by atoms with Gasteiger partial charge in [-0.15, -0.1) is 4.83 Å². The van der Waals surface area contributed by atoms with Crippen LogP contribution in [0.4, 0.5) is 0 Å². The number of benzene rings is 1. The zero-order valence-corrected chi connectivity index (χ0v) is 11.9. The van der Waals surface area contributed by atoms with Crippen LogP contribution in [0.25, 0.3) is 0 Å². The first-order chi connectivity index (χ1) is 9.53. The molecule has 8 heteroatoms. The van der Waals surface area contributed by atoms with Gasteiger partial charge in [0.05, 0.1) is 30.8 Å². The van der Waals surface area contributed by atoms with Crippen molar-refractivity contribution < 1.29 is 22.7 Å². The van der Waals surface area contributed by atoms with Crippen LogP contribution in [-0.2, 0) is 19.5 Å². The normalized spacial score (nSPS) is 16.9. The minimum absolute atomic E-state index is 0.0941. The highest BCUT2D eigenvalue weighted by atomic mass is 32.2. The van der Waals surface area contributed by atoms with Gasteiger partial charge in [0, 0.05) is 13.1 Å². The zero-order chi connectivity index (χ0) is 14.6. The maximum Gasteiger partial charge on any atom is 0.337 e. The number of ether oxygens (including phenoxy) is 2. The van der Waals surface area contributed by atoms with Crippen molar-refractivity contribution in [3.05, 3.63) is 29.8 Å². The van der Waals surface area contributed by atoms with Gasteiger partial charge in [-0.1, -0.05) is 0 Å². The Hall–Kier alpha value is -1.48. The van der Waals surface area contributed by atoms with Gasteiger partial charge in [0.2, 0.25) is 0 Å². The minimum Gasteiger partial charge on any atom is -0.465 e. The Morgan fingerprint density at radius 3 is 2.40 bits per heavy atom. The van der Waals surface area contributed by atoms with Gasteiger partial charge in [0.25, 0.3) is 10.0 Å². The molecule has 0 spiro atoms. The van der Waals surface area contributed by atoms with E-state index < -0.39 is 16.0 Å². The lowest BCUT2D eigenvalue weighted by molar-refractivity contribution is 0.0272. The number of nitrogens with one attached hydrogen (secondary N) is 1. The van der Waals surface area contributed by atoms with Crippen LogP contribution in [0.5, 0.6) is 0 Å². The molecule has 0 amide bonds. The van der Waals surface area contributed by atoms with E-state index in [-0.39, 0.29) is 4.90 Å². The Morgan fingerprint density at radius 1 is 1.25 bits per heavy atom. The molecule has 1 aliphatic rings. The largest absolute Gasteiger partial charge is 0.465 e. The van der Waals surface area contributed by atoms with Crippen LogP contribution in [0, 0.1) is 0 Å². The average Bonchev–Trinajstić information content (AvgIpc) is 2.47. The molecule has 1 heterocycles. The van der Waals surface area contributed by atoms with Crippen molar-refractivity contribution in [1.82, 2.24) is 9.84 Å². The molecule has 20 heavy (non-hydrogen) atoms. The summed E-state index contributed by atoms with van der Waals surface area (Å²) in [5.74, 6) is -0.505. The molecule has 1 saturated heterocycles. The fraction of sp³-hybridized carbons (Fsp3) is 0.417. The number of hydrogen-bond donors (Lipinski definition) is 1. The third-order valence-corrected chi connectivity index (χ3v) is 4.24. The van der Waals surface area contributed by atoms with Gasteiger partial charge in [0.15, 0.2) is 0 Å². The molecular formula is C12H16N2O5S. The summed E-state index contributed by atoms with van der Waals surface area (Å²) >= 11 is 0. The van der Waals surface area contributed by atoms with E-state index in [4.69, 9.17) is 4.74 Å². The highest BCUT2D eigenvalue weighted by Gasteiger charge is 2.20. The topological polar surface area (TPSA) is 84.9 Å². The molecule has 0 aromatic heterocycles. The van der Waals surface area contributed by atoms with Crippen LogP contribution >= 0.6 is 0 Å². The highest BCUT2D eigenvalue weighted by Crippen LogP contribution is 2.12. The molecule has 1 N–H and O–H groups in total. The molecule has 0 radical (unpaired) electrons. The van der Waals surface area contributed by atoms with Crippen LogP contribution in [0.1, 0.15) is 10.4 Å². The van der Waals surface area contributed by atoms with E-state index in [0.29, 0.717) is 31.9 Å². The molecule has 1 fully saturated rings. The lowest BCUT2D eigenvalue weighted by atomic mass is 10.2. The molecule has 1 aliphatic heterocycles. The average molecular weight is 300 g/mol. The predicted molar refractivity (Wildman–Crippen MR) is 70.5 cm³/mol. The molecule has 1 aromatic rings. The molecule has 1 aromatic carbocycles. The first kappa shape index (κ1) is 14.9. The number of methoxy groups -OCH3 is 1. The predicted octanol–water partition coefficient (Wildman–Crippen LogP) is -0.00130. The van der Waals surface area contributed by atoms with E-state index in [2.05, 4.69) is 9.57 Å². The minimum atomic E-state index is -3.64. The monoisotopic (exact) mass is 300 g/mol. The molecule has 110 valence electrons. The summed E-state index contributed by atoms with van der Waals surface area (Å²) in [6.45, 7) is 1.98. The molecule has 0 aliphatic carbocycles. The Balaban J connectivity index is 2.10. The van der Waals surface area contributed by atoms with Gasteiger partial charge in [-0.3, -0.25) is 0 Å². The summed E-state index contributed by atoms with van der Waals surface area (Å²) in [5, 5.41) is 1.59. The molecular weight excluding hydrogens is 284 g/mol. The summed E-state index contributed by atoms with van der Waals surface area (Å²) in [6.07, 6.45) is 0. The fourth-order valence-electron chi connectivity index (χ4n) is 1.77. The number of nitrogens with zero attached hydrogens (tertiary/aromatic N) is 1. The van der Waals surface area contributed by atoms with Crippen LogP contribution in [0.15, 0.2) is 29.2 Å². The second-order valence-electron chi connectivity index (χ2n) is 4.21. The van der Waals surface area contributed by atoms with Gasteiger partial charge >= 0.3 is 5.97 Å². The molecule has 0 unspecified atom stereocenters. The van der Waals surface area contributed by atoms with Crippen molar-refractivity contribution in [3.8, 4) is 0 Å². The van der Waals surface area contributed by atoms with Gasteiger partial charge < -0.3 is 9.47 Å². The van der Waals surface area contributed by atoms with Crippen molar-refractivity contribution in [2.75, 3.05) is 33.4 Å². The smallest absolute Gasteiger partial charge is 0.337 e. The summed E-state index contributed by atoms with van der Waals surface area (Å²) in [4.78, 5) is 13.9. The lowest BCUT2D eigenvalue weighted by Gasteiger charge is -2.26. The second kappa shape index (κ2) is 6.31. The summed E-state index contributed by atoms with van der Waals surface area (Å²) in [7, 11) is -2.37. The fourth-order valence-corrected chi connectivity index (χ4v) is 2.89. The van der Waals surface area contributed by atoms with E-state index in [9.17, 15) is 13.2 Å². The van der Waals surface area contributed by atoms with Gasteiger partial charge in [-0.05, 0) is 24.3 Å². The van der Waals surface area contributed by atoms with E-state index in [1.54, 1.807) is 5.01 Å². The van der Waals surface area contributed by atoms with E-state index >= 15 is 0 Å². The van der Waals surface area contributed by atoms with E-state index in [1.807, 2.05) is 0 Å². The van der Waals surface area contributed by atoms with Crippen molar-refractivity contribution in [2.45, 2.75) is 4.90 Å². The van der Waals surface area contributed by atoms with Crippen molar-refractivity contribution in [3.63, 3.8) is 0 Å². The van der Waals surface area contributed by atoms with E-state index in [0.717, 1.165) is 0 Å². The number of hydrogen-bond acceptors (Lipinski definition) is 6. The zero-order valence-electron chi connectivity index (χ0n) is 11.0. The van der Waals surface area contributed by atoms with Gasteiger partial charge in [-0.25, -0.2) is 18.2 Å². The Morgan fingerprint density at radius 2 is 1.85 bits per heavy atom. The number of esters is 1. The summed E-state index contributed by atoms with van der Waals surface area (Å²) < 4.78 is 34.0. The van der Waals surface area contributed by atoms with Gasteiger partial charge in [0.1, 0.15) is 0 Å². The number of hydrazine groups is 1. The van der Waals surface area contributed by atoms with Crippen molar-refractivity contribution in [2.24, 2.45) is 0 Å². The SMILES string of the molecule is COC(=O)c1ccc(S(=O)(=O)NN2CCOCC2)cc1. The number of carbonyl (C=O) groups excluding carboxylic acids is 1. The summed E-state index contributed by atoms with van der Waals surface area (Å²) in [5.41, 5.74) is 0.304. The Kier molecular flexibility index (Phi) is 4.71. The lowest BCUT2D eigenvalue weighted by Crippen LogP contribution is -2.48. The van der Waals surface area contributed by atoms with Crippen LogP contribution in [0.3, 0.4) is 0 Å². The summed E-state index contributed by atoms with van der Waals surface area (Å²) in [6, 6.07) is 5.57. The standard InChI is InChI=1S/C12H16N2O5S/c1-18-12(15)10-2-4-11(5-3-10)20(16,17)13-14-6-8-19-9-7-14/h2-5,13H,6-9H2,1H3. The number of sulfonamides is 1.